The van der Waals surface area contributed by atoms with Gasteiger partial charge in [0.1, 0.15) is 5.75 Å². The Bertz CT molecular complexity index is 520. The Morgan fingerprint density at radius 2 is 1.90 bits per heavy atom. The van der Waals surface area contributed by atoms with Crippen LogP contribution in [-0.4, -0.2) is 23.6 Å². The number of hydrogen-bond donors (Lipinski definition) is 1. The molecule has 2 aliphatic rings. The fraction of sp³-hybridized carbons (Fsp3) is 0.533. The van der Waals surface area contributed by atoms with Gasteiger partial charge in [0.25, 0.3) is 5.92 Å². The minimum absolute atomic E-state index is 0.0103. The molecule has 1 aromatic rings. The van der Waals surface area contributed by atoms with E-state index in [-0.39, 0.29) is 13.0 Å². The molecule has 1 aromatic carbocycles. The van der Waals surface area contributed by atoms with Crippen molar-refractivity contribution in [3.05, 3.63) is 29.8 Å². The smallest absolute Gasteiger partial charge is 0.314 e. The summed E-state index contributed by atoms with van der Waals surface area (Å²) in [5.74, 6) is -3.59. The number of alkyl halides is 2. The monoisotopic (exact) mass is 282 g/mol. The molecular formula is C15H16F2O3. The molecular weight excluding hydrogens is 266 g/mol. The molecule has 0 bridgehead atoms. The normalized spacial score (nSPS) is 25.6. The second-order valence-electron chi connectivity index (χ2n) is 5.72. The van der Waals surface area contributed by atoms with Crippen LogP contribution in [0.15, 0.2) is 24.3 Å². The van der Waals surface area contributed by atoms with Gasteiger partial charge in [-0.2, -0.15) is 0 Å². The van der Waals surface area contributed by atoms with Gasteiger partial charge in [-0.3, -0.25) is 4.79 Å². The first-order chi connectivity index (χ1) is 9.44. The van der Waals surface area contributed by atoms with Crippen LogP contribution in [0.1, 0.15) is 31.2 Å². The summed E-state index contributed by atoms with van der Waals surface area (Å²) in [6.45, 7) is 0.0103. The summed E-state index contributed by atoms with van der Waals surface area (Å²) in [6, 6.07) is 6.76. The molecule has 2 fully saturated rings. The van der Waals surface area contributed by atoms with Crippen molar-refractivity contribution in [1.29, 1.82) is 0 Å². The molecule has 108 valence electrons. The molecule has 0 saturated heterocycles. The van der Waals surface area contributed by atoms with Gasteiger partial charge in [-0.05, 0) is 37.0 Å². The van der Waals surface area contributed by atoms with E-state index in [2.05, 4.69) is 0 Å². The van der Waals surface area contributed by atoms with Crippen molar-refractivity contribution in [3.8, 4) is 5.75 Å². The summed E-state index contributed by atoms with van der Waals surface area (Å²) in [5, 5.41) is 9.19. The van der Waals surface area contributed by atoms with Crippen LogP contribution in [0.3, 0.4) is 0 Å². The van der Waals surface area contributed by atoms with Gasteiger partial charge in [0.2, 0.25) is 0 Å². The zero-order chi connectivity index (χ0) is 14.4. The molecule has 20 heavy (non-hydrogen) atoms. The van der Waals surface area contributed by atoms with Gasteiger partial charge in [0.05, 0.1) is 17.9 Å². The number of aliphatic carboxylic acids is 1. The molecule has 3 rings (SSSR count). The van der Waals surface area contributed by atoms with Gasteiger partial charge in [-0.25, -0.2) is 8.78 Å². The lowest BCUT2D eigenvalue weighted by molar-refractivity contribution is -0.143. The number of carboxylic acid groups (broad SMARTS) is 1. The van der Waals surface area contributed by atoms with E-state index >= 15 is 0 Å². The Kier molecular flexibility index (Phi) is 2.96. The number of halogens is 2. The van der Waals surface area contributed by atoms with Crippen LogP contribution in [0.4, 0.5) is 8.78 Å². The van der Waals surface area contributed by atoms with E-state index in [0.29, 0.717) is 25.0 Å². The summed E-state index contributed by atoms with van der Waals surface area (Å²) in [6.07, 6.45) is 1.74. The lowest BCUT2D eigenvalue weighted by atomic mass is 9.81. The highest BCUT2D eigenvalue weighted by Crippen LogP contribution is 2.48. The highest BCUT2D eigenvalue weighted by atomic mass is 19.3. The van der Waals surface area contributed by atoms with Gasteiger partial charge in [-0.15, -0.1) is 0 Å². The first-order valence-corrected chi connectivity index (χ1v) is 6.79. The molecule has 0 aromatic heterocycles. The molecule has 5 heteroatoms. The van der Waals surface area contributed by atoms with Crippen LogP contribution in [0.2, 0.25) is 0 Å². The maximum Gasteiger partial charge on any atom is 0.314 e. The van der Waals surface area contributed by atoms with Gasteiger partial charge < -0.3 is 9.84 Å². The Morgan fingerprint density at radius 1 is 1.25 bits per heavy atom. The Balaban J connectivity index is 1.61. The predicted molar refractivity (Wildman–Crippen MR) is 68.2 cm³/mol. The van der Waals surface area contributed by atoms with Crippen molar-refractivity contribution in [2.45, 2.75) is 37.0 Å². The lowest BCUT2D eigenvalue weighted by Crippen LogP contribution is -2.42. The second-order valence-corrected chi connectivity index (χ2v) is 5.72. The van der Waals surface area contributed by atoms with Crippen LogP contribution in [0.5, 0.6) is 5.75 Å². The minimum atomic E-state index is -2.60. The van der Waals surface area contributed by atoms with Crippen molar-refractivity contribution in [3.63, 3.8) is 0 Å². The fourth-order valence-electron chi connectivity index (χ4n) is 2.59. The Hall–Kier alpha value is -1.65. The van der Waals surface area contributed by atoms with Gasteiger partial charge in [0, 0.05) is 6.42 Å². The number of carboxylic acids is 1. The highest BCUT2D eigenvalue weighted by Gasteiger charge is 2.51. The summed E-state index contributed by atoms with van der Waals surface area (Å²) in [5.41, 5.74) is 0.0193. The lowest BCUT2D eigenvalue weighted by Gasteiger charge is -2.35. The quantitative estimate of drug-likeness (QED) is 0.902. The van der Waals surface area contributed by atoms with Crippen LogP contribution in [0, 0.1) is 5.92 Å². The maximum absolute atomic E-state index is 13.1. The molecule has 3 nitrogen and oxygen atoms in total. The number of ether oxygens (including phenoxy) is 1. The van der Waals surface area contributed by atoms with Crippen LogP contribution in [0.25, 0.3) is 0 Å². The first-order valence-electron chi connectivity index (χ1n) is 6.79. The summed E-state index contributed by atoms with van der Waals surface area (Å²) in [4.78, 5) is 11.2. The largest absolute Gasteiger partial charge is 0.493 e. The number of carbonyl (C=O) groups is 1. The van der Waals surface area contributed by atoms with E-state index in [0.717, 1.165) is 5.56 Å². The average molecular weight is 282 g/mol. The summed E-state index contributed by atoms with van der Waals surface area (Å²) in [7, 11) is 0. The SMILES string of the molecule is O=C(O)C1(c2ccc(OC[C@H]3CCC3(F)F)cc2)CC1. The second kappa shape index (κ2) is 4.43. The molecule has 0 heterocycles. The average Bonchev–Trinajstić information content (AvgIpc) is 3.20. The molecule has 2 saturated carbocycles. The van der Waals surface area contributed by atoms with E-state index in [1.165, 1.54) is 0 Å². The molecule has 0 unspecified atom stereocenters. The zero-order valence-electron chi connectivity index (χ0n) is 10.9. The third kappa shape index (κ3) is 2.15. The molecule has 0 aliphatic heterocycles. The highest BCUT2D eigenvalue weighted by molar-refractivity contribution is 5.84. The number of benzene rings is 1. The summed E-state index contributed by atoms with van der Waals surface area (Å²) < 4.78 is 31.5. The molecule has 0 radical (unpaired) electrons. The van der Waals surface area contributed by atoms with E-state index in [4.69, 9.17) is 4.74 Å². The minimum Gasteiger partial charge on any atom is -0.493 e. The zero-order valence-corrected chi connectivity index (χ0v) is 10.9. The van der Waals surface area contributed by atoms with E-state index in [9.17, 15) is 18.7 Å². The fourth-order valence-corrected chi connectivity index (χ4v) is 2.59. The van der Waals surface area contributed by atoms with Gasteiger partial charge >= 0.3 is 5.97 Å². The Morgan fingerprint density at radius 3 is 2.30 bits per heavy atom. The van der Waals surface area contributed by atoms with Crippen molar-refractivity contribution in [1.82, 2.24) is 0 Å². The van der Waals surface area contributed by atoms with Gasteiger partial charge in [-0.1, -0.05) is 12.1 Å². The topological polar surface area (TPSA) is 46.5 Å². The summed E-state index contributed by atoms with van der Waals surface area (Å²) >= 11 is 0. The van der Waals surface area contributed by atoms with Crippen LogP contribution < -0.4 is 4.74 Å². The number of rotatable bonds is 5. The van der Waals surface area contributed by atoms with Crippen molar-refractivity contribution in [2.24, 2.45) is 5.92 Å². The van der Waals surface area contributed by atoms with Crippen LogP contribution >= 0.6 is 0 Å². The molecule has 1 atom stereocenters. The van der Waals surface area contributed by atoms with E-state index in [1.54, 1.807) is 24.3 Å². The third-order valence-electron chi connectivity index (χ3n) is 4.44. The van der Waals surface area contributed by atoms with E-state index in [1.807, 2.05) is 0 Å². The van der Waals surface area contributed by atoms with Crippen molar-refractivity contribution >= 4 is 5.97 Å². The van der Waals surface area contributed by atoms with Crippen LogP contribution in [-0.2, 0) is 10.2 Å². The standard InChI is InChI=1S/C15H16F2O3/c16-15(17)6-5-11(15)9-20-12-3-1-10(2-4-12)14(7-8-14)13(18)19/h1-4,11H,5-9H2,(H,18,19)/t11-/m1/s1. The molecule has 1 N–H and O–H groups in total. The first kappa shape index (κ1) is 13.3. The van der Waals surface area contributed by atoms with Crippen molar-refractivity contribution < 1.29 is 23.4 Å². The van der Waals surface area contributed by atoms with E-state index < -0.39 is 23.2 Å². The maximum atomic E-state index is 13.1. The molecule has 0 amide bonds. The predicted octanol–water partition coefficient (Wildman–Crippen LogP) is 3.23. The van der Waals surface area contributed by atoms with Crippen molar-refractivity contribution in [2.75, 3.05) is 6.61 Å². The molecule has 2 aliphatic carbocycles. The third-order valence-corrected chi connectivity index (χ3v) is 4.44. The molecule has 0 spiro atoms. The number of hydrogen-bond acceptors (Lipinski definition) is 2. The Labute approximate surface area is 115 Å². The van der Waals surface area contributed by atoms with Gasteiger partial charge in [0.15, 0.2) is 0 Å².